The second kappa shape index (κ2) is 8.43. The smallest absolute Gasteiger partial charge is 0.410 e. The van der Waals surface area contributed by atoms with Crippen molar-refractivity contribution >= 4 is 23.9 Å². The van der Waals surface area contributed by atoms with E-state index in [4.69, 9.17) is 9.47 Å². The lowest BCUT2D eigenvalue weighted by Gasteiger charge is -2.39. The lowest BCUT2D eigenvalue weighted by Crippen LogP contribution is -2.57. The molecule has 3 atom stereocenters. The molecule has 168 valence electrons. The Kier molecular flexibility index (Phi) is 6.29. The molecule has 0 radical (unpaired) electrons. The number of rotatable bonds is 5. The van der Waals surface area contributed by atoms with Gasteiger partial charge in [0.15, 0.2) is 0 Å². The SMILES string of the molecule is COC(=O)C(C[C@@H]1CCNC1=O)NC(=O)[C@@H]1CC2(CCN1C(=O)OC(C)(C)C)CC2. The number of methoxy groups -OCH3 is 1. The number of piperidine rings is 1. The van der Waals surface area contributed by atoms with E-state index >= 15 is 0 Å². The van der Waals surface area contributed by atoms with Crippen molar-refractivity contribution in [3.05, 3.63) is 0 Å². The average molecular weight is 424 g/mol. The van der Waals surface area contributed by atoms with E-state index in [0.717, 1.165) is 19.3 Å². The topological polar surface area (TPSA) is 114 Å². The molecule has 1 unspecified atom stereocenters. The van der Waals surface area contributed by atoms with Gasteiger partial charge in [-0.2, -0.15) is 0 Å². The van der Waals surface area contributed by atoms with Crippen molar-refractivity contribution in [1.29, 1.82) is 0 Å². The Morgan fingerprint density at radius 3 is 2.50 bits per heavy atom. The maximum atomic E-state index is 13.2. The zero-order valence-electron chi connectivity index (χ0n) is 18.3. The first kappa shape index (κ1) is 22.4. The van der Waals surface area contributed by atoms with Gasteiger partial charge < -0.3 is 20.1 Å². The van der Waals surface area contributed by atoms with Gasteiger partial charge in [-0.25, -0.2) is 9.59 Å². The number of nitrogens with zero attached hydrogens (tertiary/aromatic N) is 1. The van der Waals surface area contributed by atoms with Crippen LogP contribution in [0.1, 0.15) is 59.3 Å². The molecule has 0 aromatic carbocycles. The number of carbonyl (C=O) groups excluding carboxylic acids is 4. The predicted octanol–water partition coefficient (Wildman–Crippen LogP) is 1.35. The van der Waals surface area contributed by atoms with Crippen LogP contribution in [0.5, 0.6) is 0 Å². The minimum absolute atomic E-state index is 0.104. The summed E-state index contributed by atoms with van der Waals surface area (Å²) >= 11 is 0. The molecule has 3 fully saturated rings. The molecular weight excluding hydrogens is 390 g/mol. The molecule has 1 aliphatic carbocycles. The first-order valence-corrected chi connectivity index (χ1v) is 10.7. The van der Waals surface area contributed by atoms with Crippen molar-refractivity contribution in [2.45, 2.75) is 77.0 Å². The third kappa shape index (κ3) is 5.23. The number of esters is 1. The fraction of sp³-hybridized carbons (Fsp3) is 0.810. The van der Waals surface area contributed by atoms with E-state index in [-0.39, 0.29) is 23.7 Å². The monoisotopic (exact) mass is 423 g/mol. The van der Waals surface area contributed by atoms with Gasteiger partial charge in [0.1, 0.15) is 17.7 Å². The van der Waals surface area contributed by atoms with Crippen LogP contribution in [0.3, 0.4) is 0 Å². The van der Waals surface area contributed by atoms with Gasteiger partial charge in [-0.1, -0.05) is 0 Å². The third-order valence-corrected chi connectivity index (χ3v) is 6.26. The number of ether oxygens (including phenoxy) is 2. The van der Waals surface area contributed by atoms with Crippen molar-refractivity contribution in [2.24, 2.45) is 11.3 Å². The van der Waals surface area contributed by atoms with Crippen molar-refractivity contribution in [3.8, 4) is 0 Å². The molecule has 2 heterocycles. The minimum Gasteiger partial charge on any atom is -0.467 e. The number of amides is 3. The van der Waals surface area contributed by atoms with Gasteiger partial charge in [0, 0.05) is 19.0 Å². The zero-order chi connectivity index (χ0) is 22.1. The highest BCUT2D eigenvalue weighted by Gasteiger charge is 2.52. The number of nitrogens with one attached hydrogen (secondary N) is 2. The van der Waals surface area contributed by atoms with Gasteiger partial charge in [0.05, 0.1) is 7.11 Å². The van der Waals surface area contributed by atoms with Crippen LogP contribution >= 0.6 is 0 Å². The number of likely N-dealkylation sites (tertiary alicyclic amines) is 1. The molecule has 1 spiro atoms. The van der Waals surface area contributed by atoms with Crippen molar-refractivity contribution < 1.29 is 28.7 Å². The first-order valence-electron chi connectivity index (χ1n) is 10.7. The van der Waals surface area contributed by atoms with E-state index < -0.39 is 35.7 Å². The normalized spacial score (nSPS) is 26.0. The van der Waals surface area contributed by atoms with Gasteiger partial charge in [0.2, 0.25) is 11.8 Å². The molecule has 0 bridgehead atoms. The van der Waals surface area contributed by atoms with Gasteiger partial charge in [-0.15, -0.1) is 0 Å². The van der Waals surface area contributed by atoms with Gasteiger partial charge in [-0.3, -0.25) is 14.5 Å². The predicted molar refractivity (Wildman–Crippen MR) is 107 cm³/mol. The first-order chi connectivity index (χ1) is 14.0. The Morgan fingerprint density at radius 1 is 1.27 bits per heavy atom. The molecule has 3 aliphatic rings. The van der Waals surface area contributed by atoms with E-state index in [0.29, 0.717) is 25.9 Å². The van der Waals surface area contributed by atoms with Crippen LogP contribution in [0, 0.1) is 11.3 Å². The Bertz CT molecular complexity index is 712. The third-order valence-electron chi connectivity index (χ3n) is 6.26. The molecule has 9 nitrogen and oxygen atoms in total. The molecule has 30 heavy (non-hydrogen) atoms. The summed E-state index contributed by atoms with van der Waals surface area (Å²) in [6.07, 6.45) is 3.74. The number of carbonyl (C=O) groups is 4. The zero-order valence-corrected chi connectivity index (χ0v) is 18.3. The molecule has 0 aromatic heterocycles. The Labute approximate surface area is 177 Å². The lowest BCUT2D eigenvalue weighted by atomic mass is 9.87. The molecule has 9 heteroatoms. The second-order valence-electron chi connectivity index (χ2n) is 9.74. The summed E-state index contributed by atoms with van der Waals surface area (Å²) in [5, 5.41) is 5.49. The molecule has 3 amide bonds. The second-order valence-corrected chi connectivity index (χ2v) is 9.74. The van der Waals surface area contributed by atoms with Crippen LogP contribution in [0.25, 0.3) is 0 Å². The standard InChI is InChI=1S/C21H33N3O6/c1-20(2,3)30-19(28)24-10-8-21(6-7-21)12-15(24)17(26)23-14(18(27)29-4)11-13-5-9-22-16(13)25/h13-15H,5-12H2,1-4H3,(H,22,25)(H,23,26)/t13-,14?,15-/m0/s1. The van der Waals surface area contributed by atoms with E-state index in [1.54, 1.807) is 20.8 Å². The van der Waals surface area contributed by atoms with Gasteiger partial charge in [-0.05, 0) is 64.7 Å². The fourth-order valence-corrected chi connectivity index (χ4v) is 4.32. The molecule has 2 saturated heterocycles. The quantitative estimate of drug-likeness (QED) is 0.645. The van der Waals surface area contributed by atoms with Crippen LogP contribution in [0.2, 0.25) is 0 Å². The van der Waals surface area contributed by atoms with Crippen molar-refractivity contribution in [1.82, 2.24) is 15.5 Å². The lowest BCUT2D eigenvalue weighted by molar-refractivity contribution is -0.146. The summed E-state index contributed by atoms with van der Waals surface area (Å²) in [4.78, 5) is 51.6. The molecule has 2 N–H and O–H groups in total. The van der Waals surface area contributed by atoms with Crippen molar-refractivity contribution in [2.75, 3.05) is 20.2 Å². The van der Waals surface area contributed by atoms with Gasteiger partial charge >= 0.3 is 12.1 Å². The van der Waals surface area contributed by atoms with E-state index in [1.165, 1.54) is 12.0 Å². The van der Waals surface area contributed by atoms with Crippen molar-refractivity contribution in [3.63, 3.8) is 0 Å². The number of hydrogen-bond donors (Lipinski definition) is 2. The summed E-state index contributed by atoms with van der Waals surface area (Å²) < 4.78 is 10.4. The summed E-state index contributed by atoms with van der Waals surface area (Å²) in [6.45, 7) is 6.36. The summed E-state index contributed by atoms with van der Waals surface area (Å²) in [6, 6.07) is -1.64. The van der Waals surface area contributed by atoms with E-state index in [2.05, 4.69) is 10.6 Å². The maximum Gasteiger partial charge on any atom is 0.410 e. The summed E-state index contributed by atoms with van der Waals surface area (Å²) in [5.74, 6) is -1.47. The molecular formula is C21H33N3O6. The average Bonchev–Trinajstić information content (AvgIpc) is 3.29. The highest BCUT2D eigenvalue weighted by molar-refractivity contribution is 5.90. The summed E-state index contributed by atoms with van der Waals surface area (Å²) in [5.41, 5.74) is -0.566. The Hall–Kier alpha value is -2.32. The van der Waals surface area contributed by atoms with Crippen LogP contribution in [0.4, 0.5) is 4.79 Å². The van der Waals surface area contributed by atoms with Crippen LogP contribution in [-0.4, -0.2) is 66.7 Å². The minimum atomic E-state index is -0.936. The summed E-state index contributed by atoms with van der Waals surface area (Å²) in [7, 11) is 1.25. The van der Waals surface area contributed by atoms with Gasteiger partial charge in [0.25, 0.3) is 0 Å². The Balaban J connectivity index is 1.72. The molecule has 2 aliphatic heterocycles. The Morgan fingerprint density at radius 2 is 1.97 bits per heavy atom. The van der Waals surface area contributed by atoms with Crippen LogP contribution in [-0.2, 0) is 23.9 Å². The number of hydrogen-bond acceptors (Lipinski definition) is 6. The fourth-order valence-electron chi connectivity index (χ4n) is 4.32. The highest BCUT2D eigenvalue weighted by atomic mass is 16.6. The van der Waals surface area contributed by atoms with Crippen LogP contribution < -0.4 is 10.6 Å². The largest absolute Gasteiger partial charge is 0.467 e. The maximum absolute atomic E-state index is 13.2. The molecule has 3 rings (SSSR count). The van der Waals surface area contributed by atoms with E-state index in [1.807, 2.05) is 0 Å². The highest BCUT2D eigenvalue weighted by Crippen LogP contribution is 2.55. The van der Waals surface area contributed by atoms with Crippen LogP contribution in [0.15, 0.2) is 0 Å². The molecule has 0 aromatic rings. The van der Waals surface area contributed by atoms with E-state index in [9.17, 15) is 19.2 Å². The molecule has 1 saturated carbocycles.